The molecule has 0 saturated heterocycles. The van der Waals surface area contributed by atoms with Crippen LogP contribution in [0.3, 0.4) is 0 Å². The SMILES string of the molecule is O=C(NCc1cccc(OC(F)(F)F)c1)c1cc(-c2ccncc2)n[nH]c1=O. The maximum absolute atomic E-state index is 12.4. The van der Waals surface area contributed by atoms with Crippen molar-refractivity contribution in [2.75, 3.05) is 0 Å². The lowest BCUT2D eigenvalue weighted by atomic mass is 10.1. The zero-order valence-corrected chi connectivity index (χ0v) is 14.2. The maximum Gasteiger partial charge on any atom is 0.573 e. The summed E-state index contributed by atoms with van der Waals surface area (Å²) in [5.41, 5.74) is 0.522. The Morgan fingerprint density at radius 2 is 1.89 bits per heavy atom. The number of halogens is 3. The van der Waals surface area contributed by atoms with E-state index in [1.54, 1.807) is 12.1 Å². The molecule has 0 radical (unpaired) electrons. The number of aromatic amines is 1. The molecular formula is C18H13F3N4O3. The first-order chi connectivity index (χ1) is 13.3. The first-order valence-electron chi connectivity index (χ1n) is 7.95. The minimum absolute atomic E-state index is 0.0970. The van der Waals surface area contributed by atoms with Crippen LogP contribution in [0.2, 0.25) is 0 Å². The van der Waals surface area contributed by atoms with Gasteiger partial charge in [0.2, 0.25) is 0 Å². The molecule has 1 amide bonds. The number of alkyl halides is 3. The normalized spacial score (nSPS) is 11.1. The summed E-state index contributed by atoms with van der Waals surface area (Å²) < 4.78 is 40.7. The fourth-order valence-corrected chi connectivity index (χ4v) is 2.38. The van der Waals surface area contributed by atoms with Crippen LogP contribution >= 0.6 is 0 Å². The fourth-order valence-electron chi connectivity index (χ4n) is 2.38. The van der Waals surface area contributed by atoms with Gasteiger partial charge in [-0.05, 0) is 35.9 Å². The number of aromatic nitrogens is 3. The second-order valence-electron chi connectivity index (χ2n) is 5.61. The molecule has 1 aromatic carbocycles. The van der Waals surface area contributed by atoms with Crippen molar-refractivity contribution in [2.45, 2.75) is 12.9 Å². The Kier molecular flexibility index (Phi) is 5.39. The van der Waals surface area contributed by atoms with Gasteiger partial charge in [0.15, 0.2) is 0 Å². The Balaban J connectivity index is 1.74. The van der Waals surface area contributed by atoms with Crippen LogP contribution < -0.4 is 15.6 Å². The number of hydrogen-bond acceptors (Lipinski definition) is 5. The van der Waals surface area contributed by atoms with E-state index in [4.69, 9.17) is 0 Å². The molecule has 2 N–H and O–H groups in total. The highest BCUT2D eigenvalue weighted by Gasteiger charge is 2.31. The number of benzene rings is 1. The van der Waals surface area contributed by atoms with Crippen molar-refractivity contribution in [1.82, 2.24) is 20.5 Å². The summed E-state index contributed by atoms with van der Waals surface area (Å²) in [4.78, 5) is 28.2. The van der Waals surface area contributed by atoms with Gasteiger partial charge < -0.3 is 10.1 Å². The van der Waals surface area contributed by atoms with Gasteiger partial charge in [-0.2, -0.15) is 5.10 Å². The average molecular weight is 390 g/mol. The molecule has 0 unspecified atom stereocenters. The van der Waals surface area contributed by atoms with E-state index in [9.17, 15) is 22.8 Å². The summed E-state index contributed by atoms with van der Waals surface area (Å²) >= 11 is 0. The van der Waals surface area contributed by atoms with Gasteiger partial charge in [0, 0.05) is 24.5 Å². The summed E-state index contributed by atoms with van der Waals surface area (Å²) in [6.07, 6.45) is -1.73. The van der Waals surface area contributed by atoms with Gasteiger partial charge in [-0.1, -0.05) is 12.1 Å². The zero-order chi connectivity index (χ0) is 20.1. The maximum atomic E-state index is 12.4. The molecule has 3 rings (SSSR count). The Morgan fingerprint density at radius 1 is 1.14 bits per heavy atom. The van der Waals surface area contributed by atoms with Crippen molar-refractivity contribution in [1.29, 1.82) is 0 Å². The molecule has 7 nitrogen and oxygen atoms in total. The van der Waals surface area contributed by atoms with Crippen LogP contribution in [-0.4, -0.2) is 27.5 Å². The van der Waals surface area contributed by atoms with Gasteiger partial charge >= 0.3 is 6.36 Å². The molecular weight excluding hydrogens is 377 g/mol. The molecule has 2 heterocycles. The van der Waals surface area contributed by atoms with E-state index in [2.05, 4.69) is 25.2 Å². The third-order valence-corrected chi connectivity index (χ3v) is 3.61. The minimum atomic E-state index is -4.81. The lowest BCUT2D eigenvalue weighted by molar-refractivity contribution is -0.274. The number of amides is 1. The molecule has 0 aliphatic heterocycles. The van der Waals surface area contributed by atoms with Crippen molar-refractivity contribution < 1.29 is 22.7 Å². The molecule has 0 aliphatic rings. The van der Waals surface area contributed by atoms with Crippen LogP contribution in [0.15, 0.2) is 59.7 Å². The van der Waals surface area contributed by atoms with Gasteiger partial charge in [0.25, 0.3) is 11.5 Å². The largest absolute Gasteiger partial charge is 0.573 e. The summed E-state index contributed by atoms with van der Waals surface area (Å²) in [5.74, 6) is -1.10. The van der Waals surface area contributed by atoms with E-state index in [0.717, 1.165) is 12.1 Å². The molecule has 10 heteroatoms. The molecule has 2 aromatic heterocycles. The number of ether oxygens (including phenoxy) is 1. The van der Waals surface area contributed by atoms with Crippen LogP contribution in [-0.2, 0) is 6.54 Å². The average Bonchev–Trinajstić information content (AvgIpc) is 2.66. The number of H-pyrrole nitrogens is 1. The Hall–Kier alpha value is -3.69. The highest BCUT2D eigenvalue weighted by atomic mass is 19.4. The molecule has 0 fully saturated rings. The molecule has 0 saturated carbocycles. The van der Waals surface area contributed by atoms with Crippen LogP contribution in [0, 0.1) is 0 Å². The molecule has 0 atom stereocenters. The lowest BCUT2D eigenvalue weighted by Gasteiger charge is -2.10. The third-order valence-electron chi connectivity index (χ3n) is 3.61. The number of carbonyl (C=O) groups is 1. The Morgan fingerprint density at radius 3 is 2.61 bits per heavy atom. The van der Waals surface area contributed by atoms with Crippen molar-refractivity contribution in [3.63, 3.8) is 0 Å². The number of hydrogen-bond donors (Lipinski definition) is 2. The smallest absolute Gasteiger partial charge is 0.406 e. The molecule has 3 aromatic rings. The molecule has 0 aliphatic carbocycles. The van der Waals surface area contributed by atoms with E-state index >= 15 is 0 Å². The summed E-state index contributed by atoms with van der Waals surface area (Å²) in [7, 11) is 0. The van der Waals surface area contributed by atoms with Crippen molar-refractivity contribution >= 4 is 5.91 Å². The highest BCUT2D eigenvalue weighted by Crippen LogP contribution is 2.23. The monoisotopic (exact) mass is 390 g/mol. The van der Waals surface area contributed by atoms with Crippen LogP contribution in [0.4, 0.5) is 13.2 Å². The van der Waals surface area contributed by atoms with Gasteiger partial charge in [0.05, 0.1) is 5.69 Å². The quantitative estimate of drug-likeness (QED) is 0.698. The van der Waals surface area contributed by atoms with Crippen LogP contribution in [0.1, 0.15) is 15.9 Å². The first-order valence-corrected chi connectivity index (χ1v) is 7.95. The molecule has 144 valence electrons. The second kappa shape index (κ2) is 7.91. The molecule has 28 heavy (non-hydrogen) atoms. The van der Waals surface area contributed by atoms with E-state index in [1.165, 1.54) is 30.6 Å². The van der Waals surface area contributed by atoms with Gasteiger partial charge in [0.1, 0.15) is 11.3 Å². The van der Waals surface area contributed by atoms with E-state index in [-0.39, 0.29) is 12.1 Å². The molecule has 0 spiro atoms. The van der Waals surface area contributed by atoms with Gasteiger partial charge in [-0.15, -0.1) is 13.2 Å². The third kappa shape index (κ3) is 4.93. The van der Waals surface area contributed by atoms with E-state index in [1.807, 2.05) is 0 Å². The summed E-state index contributed by atoms with van der Waals surface area (Å²) in [5, 5.41) is 8.63. The van der Waals surface area contributed by atoms with Crippen LogP contribution in [0.5, 0.6) is 5.75 Å². The van der Waals surface area contributed by atoms with E-state index in [0.29, 0.717) is 16.8 Å². The minimum Gasteiger partial charge on any atom is -0.406 e. The zero-order valence-electron chi connectivity index (χ0n) is 14.2. The Bertz CT molecular complexity index is 1040. The van der Waals surface area contributed by atoms with Gasteiger partial charge in [-0.25, -0.2) is 5.10 Å². The standard InChI is InChI=1S/C18H13F3N4O3/c19-18(20,21)28-13-3-1-2-11(8-13)10-23-16(26)14-9-15(24-25-17(14)27)12-4-6-22-7-5-12/h1-9H,10H2,(H,23,26)(H,25,27). The number of nitrogens with zero attached hydrogens (tertiary/aromatic N) is 2. The van der Waals surface area contributed by atoms with Crippen LogP contribution in [0.25, 0.3) is 11.3 Å². The lowest BCUT2D eigenvalue weighted by Crippen LogP contribution is -2.29. The van der Waals surface area contributed by atoms with Gasteiger partial charge in [-0.3, -0.25) is 14.6 Å². The Labute approximate surface area is 156 Å². The predicted octanol–water partition coefficient (Wildman–Crippen LogP) is 2.66. The predicted molar refractivity (Wildman–Crippen MR) is 92.4 cm³/mol. The highest BCUT2D eigenvalue weighted by molar-refractivity contribution is 5.94. The number of carbonyl (C=O) groups excluding carboxylic acids is 1. The van der Waals surface area contributed by atoms with Crippen molar-refractivity contribution in [2.24, 2.45) is 0 Å². The number of nitrogens with one attached hydrogen (secondary N) is 2. The van der Waals surface area contributed by atoms with Crippen molar-refractivity contribution in [3.8, 4) is 17.0 Å². The number of rotatable bonds is 5. The van der Waals surface area contributed by atoms with Crippen molar-refractivity contribution in [3.05, 3.63) is 76.3 Å². The topological polar surface area (TPSA) is 97.0 Å². The van der Waals surface area contributed by atoms with E-state index < -0.39 is 23.6 Å². The second-order valence-corrected chi connectivity index (χ2v) is 5.61. The fraction of sp³-hybridized carbons (Fsp3) is 0.111. The summed E-state index contributed by atoms with van der Waals surface area (Å²) in [6.45, 7) is -0.0970. The first kappa shape index (κ1) is 19.1. The number of pyridine rings is 1. The summed E-state index contributed by atoms with van der Waals surface area (Å²) in [6, 6.07) is 9.82. The molecule has 0 bridgehead atoms.